The van der Waals surface area contributed by atoms with E-state index in [1.807, 2.05) is 20.0 Å². The van der Waals surface area contributed by atoms with Crippen LogP contribution in [0.2, 0.25) is 0 Å². The average molecular weight is 160 g/mol. The van der Waals surface area contributed by atoms with Gasteiger partial charge in [0.15, 0.2) is 0 Å². The first kappa shape index (κ1) is 8.65. The van der Waals surface area contributed by atoms with Crippen molar-refractivity contribution in [3.05, 3.63) is 29.6 Å². The lowest BCUT2D eigenvalue weighted by molar-refractivity contribution is 1.19. The first-order valence-corrected chi connectivity index (χ1v) is 3.76. The molecule has 1 heterocycles. The van der Waals surface area contributed by atoms with Crippen LogP contribution in [0.3, 0.4) is 0 Å². The van der Waals surface area contributed by atoms with Crippen LogP contribution in [0.25, 0.3) is 6.08 Å². The van der Waals surface area contributed by atoms with Crippen LogP contribution >= 0.6 is 0 Å². The third-order valence-electron chi connectivity index (χ3n) is 1.94. The van der Waals surface area contributed by atoms with E-state index in [1.54, 1.807) is 6.08 Å². The normalized spacial score (nSPS) is 9.50. The van der Waals surface area contributed by atoms with Gasteiger partial charge in [-0.05, 0) is 37.8 Å². The molecule has 0 amide bonds. The second kappa shape index (κ2) is 3.30. The van der Waals surface area contributed by atoms with Crippen LogP contribution in [0, 0.1) is 13.8 Å². The van der Waals surface area contributed by atoms with Crippen molar-refractivity contribution in [2.24, 2.45) is 4.99 Å². The molecule has 1 aromatic rings. The van der Waals surface area contributed by atoms with E-state index >= 15 is 0 Å². The van der Waals surface area contributed by atoms with Crippen LogP contribution in [0.15, 0.2) is 17.8 Å². The van der Waals surface area contributed by atoms with Crippen molar-refractivity contribution in [3.8, 4) is 0 Å². The van der Waals surface area contributed by atoms with Crippen LogP contribution in [-0.4, -0.2) is 11.7 Å². The van der Waals surface area contributed by atoms with E-state index in [2.05, 4.69) is 23.3 Å². The summed E-state index contributed by atoms with van der Waals surface area (Å²) < 4.78 is 0. The van der Waals surface area contributed by atoms with Gasteiger partial charge in [-0.2, -0.15) is 0 Å². The fourth-order valence-electron chi connectivity index (χ4n) is 1.05. The molecule has 0 saturated heterocycles. The lowest BCUT2D eigenvalue weighted by atomic mass is 10.1. The lowest BCUT2D eigenvalue weighted by Crippen LogP contribution is -1.88. The Kier molecular flexibility index (Phi) is 2.38. The molecule has 2 nitrogen and oxygen atoms in total. The molecule has 62 valence electrons. The van der Waals surface area contributed by atoms with Gasteiger partial charge in [0.2, 0.25) is 0 Å². The second-order valence-electron chi connectivity index (χ2n) is 2.66. The molecule has 0 atom stereocenters. The molecule has 0 aliphatic heterocycles. The van der Waals surface area contributed by atoms with Crippen LogP contribution in [0.1, 0.15) is 16.8 Å². The van der Waals surface area contributed by atoms with Gasteiger partial charge in [0, 0.05) is 6.20 Å². The summed E-state index contributed by atoms with van der Waals surface area (Å²) in [5.41, 5.74) is 3.89. The molecule has 0 bridgehead atoms. The minimum atomic E-state index is 0.799. The highest BCUT2D eigenvalue weighted by Gasteiger charge is 2.03. The molecule has 0 saturated carbocycles. The summed E-state index contributed by atoms with van der Waals surface area (Å²) in [6, 6.07) is 0. The molecule has 1 aromatic heterocycles. The van der Waals surface area contributed by atoms with E-state index in [0.29, 0.717) is 0 Å². The summed E-state index contributed by atoms with van der Waals surface area (Å²) in [5.74, 6) is 0. The van der Waals surface area contributed by atoms with Crippen LogP contribution in [0.4, 0.5) is 5.69 Å². The van der Waals surface area contributed by atoms with Crippen LogP contribution in [-0.2, 0) is 0 Å². The Balaban J connectivity index is 3.45. The van der Waals surface area contributed by atoms with Crippen molar-refractivity contribution in [1.29, 1.82) is 0 Å². The molecule has 1 rings (SSSR count). The molecule has 0 fully saturated rings. The highest BCUT2D eigenvalue weighted by atomic mass is 14.8. The Hall–Kier alpha value is -1.44. The maximum atomic E-state index is 4.18. The Morgan fingerprint density at radius 2 is 2.17 bits per heavy atom. The molecule has 0 unspecified atom stereocenters. The monoisotopic (exact) mass is 160 g/mol. The predicted octanol–water partition coefficient (Wildman–Crippen LogP) is 2.67. The van der Waals surface area contributed by atoms with Crippen molar-refractivity contribution >= 4 is 18.5 Å². The van der Waals surface area contributed by atoms with Gasteiger partial charge in [-0.1, -0.05) is 6.58 Å². The summed E-state index contributed by atoms with van der Waals surface area (Å²) in [7, 11) is 0. The van der Waals surface area contributed by atoms with Crippen molar-refractivity contribution in [2.75, 3.05) is 0 Å². The van der Waals surface area contributed by atoms with Gasteiger partial charge in [-0.3, -0.25) is 9.98 Å². The summed E-state index contributed by atoms with van der Waals surface area (Å²) in [5, 5.41) is 0. The quantitative estimate of drug-likeness (QED) is 0.610. The minimum absolute atomic E-state index is 0.799. The highest BCUT2D eigenvalue weighted by molar-refractivity contribution is 5.65. The Morgan fingerprint density at radius 1 is 1.50 bits per heavy atom. The maximum absolute atomic E-state index is 4.18. The van der Waals surface area contributed by atoms with Gasteiger partial charge in [-0.25, -0.2) is 0 Å². The number of aliphatic imine (C=N–C) groups is 1. The lowest BCUT2D eigenvalue weighted by Gasteiger charge is -2.05. The average Bonchev–Trinajstić information content (AvgIpc) is 2.09. The minimum Gasteiger partial charge on any atom is -0.262 e. The molecule has 0 aliphatic carbocycles. The molecule has 0 aromatic carbocycles. The van der Waals surface area contributed by atoms with Crippen molar-refractivity contribution in [3.63, 3.8) is 0 Å². The fourth-order valence-corrected chi connectivity index (χ4v) is 1.05. The molecule has 0 radical (unpaired) electrons. The zero-order valence-electron chi connectivity index (χ0n) is 7.46. The summed E-state index contributed by atoms with van der Waals surface area (Å²) in [6.07, 6.45) is 3.51. The van der Waals surface area contributed by atoms with Gasteiger partial charge in [0.25, 0.3) is 0 Å². The Labute approximate surface area is 72.7 Å². The molecule has 12 heavy (non-hydrogen) atoms. The summed E-state index contributed by atoms with van der Waals surface area (Å²) >= 11 is 0. The number of nitrogens with zero attached hydrogens (tertiary/aromatic N) is 2. The topological polar surface area (TPSA) is 25.2 Å². The van der Waals surface area contributed by atoms with E-state index < -0.39 is 0 Å². The van der Waals surface area contributed by atoms with Crippen LogP contribution < -0.4 is 0 Å². The van der Waals surface area contributed by atoms with Gasteiger partial charge in [0.1, 0.15) is 0 Å². The van der Waals surface area contributed by atoms with Crippen molar-refractivity contribution in [2.45, 2.75) is 13.8 Å². The van der Waals surface area contributed by atoms with Crippen LogP contribution in [0.5, 0.6) is 0 Å². The summed E-state index contributed by atoms with van der Waals surface area (Å²) in [4.78, 5) is 8.09. The molecule has 2 heteroatoms. The predicted molar refractivity (Wildman–Crippen MR) is 53.0 cm³/mol. The van der Waals surface area contributed by atoms with Crippen molar-refractivity contribution < 1.29 is 0 Å². The molecule has 0 N–H and O–H groups in total. The van der Waals surface area contributed by atoms with Gasteiger partial charge < -0.3 is 0 Å². The zero-order valence-corrected chi connectivity index (χ0v) is 7.46. The zero-order chi connectivity index (χ0) is 9.14. The van der Waals surface area contributed by atoms with E-state index in [0.717, 1.165) is 22.5 Å². The van der Waals surface area contributed by atoms with E-state index in [9.17, 15) is 0 Å². The van der Waals surface area contributed by atoms with Gasteiger partial charge >= 0.3 is 0 Å². The Bertz CT molecular complexity index is 327. The second-order valence-corrected chi connectivity index (χ2v) is 2.66. The first-order chi connectivity index (χ1) is 5.70. The summed E-state index contributed by atoms with van der Waals surface area (Å²) in [6.45, 7) is 11.2. The third kappa shape index (κ3) is 1.28. The molecular weight excluding hydrogens is 148 g/mol. The number of aryl methyl sites for hydroxylation is 1. The molecular formula is C10H12N2. The first-order valence-electron chi connectivity index (χ1n) is 3.76. The SMILES string of the molecule is C=Cc1ncc(C)c(C)c1N=C. The Morgan fingerprint density at radius 3 is 2.67 bits per heavy atom. The number of hydrogen-bond donors (Lipinski definition) is 0. The largest absolute Gasteiger partial charge is 0.262 e. The third-order valence-corrected chi connectivity index (χ3v) is 1.94. The standard InChI is InChI=1S/C10H12N2/c1-5-9-10(11-4)8(3)7(2)6-12-9/h5-6H,1,4H2,2-3H3. The highest BCUT2D eigenvalue weighted by Crippen LogP contribution is 2.24. The molecule has 0 spiro atoms. The number of hydrogen-bond acceptors (Lipinski definition) is 2. The van der Waals surface area contributed by atoms with E-state index in [-0.39, 0.29) is 0 Å². The van der Waals surface area contributed by atoms with Gasteiger partial charge in [0.05, 0.1) is 11.4 Å². The smallest absolute Gasteiger partial charge is 0.0910 e. The van der Waals surface area contributed by atoms with E-state index in [1.165, 1.54) is 0 Å². The molecule has 0 aliphatic rings. The van der Waals surface area contributed by atoms with Gasteiger partial charge in [-0.15, -0.1) is 0 Å². The maximum Gasteiger partial charge on any atom is 0.0910 e. The van der Waals surface area contributed by atoms with E-state index in [4.69, 9.17) is 0 Å². The number of aromatic nitrogens is 1. The number of rotatable bonds is 2. The fraction of sp³-hybridized carbons (Fsp3) is 0.200. The van der Waals surface area contributed by atoms with Crippen molar-refractivity contribution in [1.82, 2.24) is 4.98 Å². The number of pyridine rings is 1.